The second-order valence-corrected chi connectivity index (χ2v) is 24.4. The van der Waals surface area contributed by atoms with Gasteiger partial charge >= 0.3 is 30.4 Å². The fourth-order valence-corrected chi connectivity index (χ4v) is 12.2. The number of hydrogen-bond acceptors (Lipinski definition) is 18. The van der Waals surface area contributed by atoms with E-state index in [1.54, 1.807) is 56.0 Å². The van der Waals surface area contributed by atoms with E-state index in [0.717, 1.165) is 63.5 Å². The second-order valence-electron chi connectivity index (χ2n) is 22.6. The molecule has 0 amide bonds. The topological polar surface area (TPSA) is 269 Å². The molecule has 14 aromatic rings. The van der Waals surface area contributed by atoms with E-state index in [-0.39, 0.29) is 92.6 Å². The highest BCUT2D eigenvalue weighted by Crippen LogP contribution is 2.55. The third-order valence-corrected chi connectivity index (χ3v) is 17.6. The van der Waals surface area contributed by atoms with E-state index in [4.69, 9.17) is 36.3 Å². The number of fused-ring (bicyclic) bond motifs is 7. The van der Waals surface area contributed by atoms with Gasteiger partial charge in [-0.15, -0.1) is 19.9 Å². The van der Waals surface area contributed by atoms with Crippen molar-refractivity contribution < 1.29 is 10.0 Å². The molecule has 6 heterocycles. The molecule has 0 saturated carbocycles. The molecule has 0 radical (unpaired) electrons. The van der Waals surface area contributed by atoms with Gasteiger partial charge in [0.15, 0.2) is 46.0 Å². The van der Waals surface area contributed by atoms with Gasteiger partial charge in [-0.25, -0.2) is 19.9 Å². The average molecular weight is 1460 g/mol. The summed E-state index contributed by atoms with van der Waals surface area (Å²) >= 11 is 6.85. The summed E-state index contributed by atoms with van der Waals surface area (Å²) in [7, 11) is -1.38. The third-order valence-electron chi connectivity index (χ3n) is 16.6. The quantitative estimate of drug-likeness (QED) is 0.111. The van der Waals surface area contributed by atoms with Crippen molar-refractivity contribution in [1.29, 1.82) is 21.0 Å². The van der Waals surface area contributed by atoms with E-state index in [9.17, 15) is 21.0 Å². The Morgan fingerprint density at radius 3 is 0.816 bits per heavy atom. The molecule has 22 nitrogen and oxygen atoms in total. The van der Waals surface area contributed by atoms with Crippen molar-refractivity contribution in [3.8, 4) is 46.5 Å². The largest absolute Gasteiger partial charge is 0.488 e. The molecule has 0 spiro atoms. The molecule has 480 valence electrons. The number of aromatic nitrogens is 8. The van der Waals surface area contributed by atoms with Gasteiger partial charge in [0.25, 0.3) is 23.3 Å². The summed E-state index contributed by atoms with van der Waals surface area (Å²) < 4.78 is 1.67. The number of hydrogen-bond donors (Lipinski definition) is 2. The zero-order chi connectivity index (χ0) is 71.4. The summed E-state index contributed by atoms with van der Waals surface area (Å²) in [6.45, 7) is 30.7. The van der Waals surface area contributed by atoms with E-state index in [1.807, 2.05) is 152 Å². The molecular weight excluding hydrogens is 1420 g/mol. The average Bonchev–Trinajstić information content (AvgIpc) is 0.728. The van der Waals surface area contributed by atoms with E-state index in [2.05, 4.69) is 152 Å². The van der Waals surface area contributed by atoms with Crippen LogP contribution < -0.4 is 25.1 Å². The smallest absolute Gasteiger partial charge is 0.423 e. The lowest BCUT2D eigenvalue weighted by atomic mass is 9.79. The molecule has 103 heavy (non-hydrogen) atoms. The van der Waals surface area contributed by atoms with Crippen LogP contribution in [0.2, 0.25) is 0 Å². The van der Waals surface area contributed by atoms with E-state index in [1.165, 1.54) is 0 Å². The number of nitriles is 4. The first-order valence-electron chi connectivity index (χ1n) is 30.9. The van der Waals surface area contributed by atoms with Crippen LogP contribution >= 0.6 is 31.9 Å². The highest BCUT2D eigenvalue weighted by molar-refractivity contribution is 9.10. The fraction of sp³-hybridized carbons (Fsp3) is 0. The van der Waals surface area contributed by atoms with Crippen LogP contribution in [-0.4, -0.2) is 57.0 Å². The molecule has 10 aromatic carbocycles. The Kier molecular flexibility index (Phi) is 17.9. The van der Waals surface area contributed by atoms with Crippen molar-refractivity contribution in [2.24, 2.45) is 0 Å². The van der Waals surface area contributed by atoms with Gasteiger partial charge in [-0.2, -0.15) is 21.0 Å². The first-order valence-corrected chi connectivity index (χ1v) is 32.4. The van der Waals surface area contributed by atoms with Gasteiger partial charge in [-0.05, 0) is 145 Å². The van der Waals surface area contributed by atoms with Gasteiger partial charge in [-0.1, -0.05) is 198 Å². The molecule has 4 aromatic heterocycles. The molecular formula is C78H39BBr2N20O2. The van der Waals surface area contributed by atoms with Gasteiger partial charge in [0.2, 0.25) is 0 Å². The first-order chi connectivity index (χ1) is 50.3. The maximum absolute atomic E-state index is 10.0. The van der Waals surface area contributed by atoms with Crippen LogP contribution in [0, 0.1) is 71.6 Å². The summed E-state index contributed by atoms with van der Waals surface area (Å²) in [6, 6.07) is 79.8. The minimum absolute atomic E-state index is 0.159. The highest BCUT2D eigenvalue weighted by atomic mass is 79.9. The minimum Gasteiger partial charge on any atom is -0.423 e. The molecule has 16 rings (SSSR count). The van der Waals surface area contributed by atoms with Crippen LogP contribution in [0.15, 0.2) is 233 Å². The van der Waals surface area contributed by atoms with Crippen LogP contribution in [0.5, 0.6) is 0 Å². The molecule has 25 heteroatoms. The fourth-order valence-electron chi connectivity index (χ4n) is 11.7. The van der Waals surface area contributed by atoms with Crippen molar-refractivity contribution in [2.45, 2.75) is 0 Å². The number of benzene rings is 10. The number of nitrogens with zero attached hydrogens (tertiary/aromatic N) is 20. The monoisotopic (exact) mass is 1460 g/mol. The normalized spacial score (nSPS) is 11.3. The molecule has 0 unspecified atom stereocenters. The number of rotatable bonds is 7. The minimum atomic E-state index is -1.38. The molecule has 0 fully saturated rings. The SMILES string of the molecule is OB(O)c1ccc2ccccc2c1.[C-]#[N+]c1nc2c(nc1[N+]#[C-])N(c1ccc(-c3ccc4ccccc4c3)cc1)c1nc(C#N)c(C#N)nc1N2c1ccc(-c2ccc3ccccc3c2)cc1.[C-]#[N+]c1nc2c(nc1[N+]#[C-])N(c1ccc(Br)cc1)c1nc(C#N)c(C#N)nc1N2c1ccc(Br)cc1. The molecule has 0 aliphatic carbocycles. The van der Waals surface area contributed by atoms with Crippen LogP contribution in [0.25, 0.3) is 74.0 Å². The maximum Gasteiger partial charge on any atom is 0.488 e. The van der Waals surface area contributed by atoms with Crippen LogP contribution in [0.4, 0.5) is 92.6 Å². The molecule has 0 bridgehead atoms. The van der Waals surface area contributed by atoms with Gasteiger partial charge < -0.3 is 29.4 Å². The van der Waals surface area contributed by atoms with Crippen LogP contribution in [0.3, 0.4) is 0 Å². The van der Waals surface area contributed by atoms with Crippen molar-refractivity contribution in [3.63, 3.8) is 0 Å². The Hall–Kier alpha value is -14.6. The predicted octanol–water partition coefficient (Wildman–Crippen LogP) is 18.4. The third kappa shape index (κ3) is 12.5. The number of anilines is 12. The molecule has 0 saturated heterocycles. The zero-order valence-corrected chi connectivity index (χ0v) is 56.2. The number of halogens is 2. The maximum atomic E-state index is 10.0. The Morgan fingerprint density at radius 1 is 0.301 bits per heavy atom. The highest BCUT2D eigenvalue weighted by Gasteiger charge is 2.44. The summed E-state index contributed by atoms with van der Waals surface area (Å²) in [6.07, 6.45) is 0. The van der Waals surface area contributed by atoms with Gasteiger partial charge in [0.05, 0.1) is 22.7 Å². The van der Waals surface area contributed by atoms with Gasteiger partial charge in [-0.3, -0.25) is 19.6 Å². The summed E-state index contributed by atoms with van der Waals surface area (Å²) in [5.41, 5.74) is 6.25. The Bertz CT molecular complexity index is 5670. The van der Waals surface area contributed by atoms with Crippen molar-refractivity contribution in [3.05, 3.63) is 302 Å². The van der Waals surface area contributed by atoms with Crippen molar-refractivity contribution in [1.82, 2.24) is 39.9 Å². The van der Waals surface area contributed by atoms with E-state index < -0.39 is 7.12 Å². The lowest BCUT2D eigenvalue weighted by Crippen LogP contribution is -2.29. The van der Waals surface area contributed by atoms with Crippen LogP contribution in [0.1, 0.15) is 22.8 Å². The molecule has 2 aliphatic rings. The second kappa shape index (κ2) is 28.1. The van der Waals surface area contributed by atoms with E-state index >= 15 is 0 Å². The Labute approximate surface area is 604 Å². The lowest BCUT2D eigenvalue weighted by Gasteiger charge is -2.33. The molecule has 2 aliphatic heterocycles. The summed E-state index contributed by atoms with van der Waals surface area (Å²) in [4.78, 5) is 57.0. The summed E-state index contributed by atoms with van der Waals surface area (Å²) in [5, 5.41) is 63.9. The molecule has 0 atom stereocenters. The van der Waals surface area contributed by atoms with Crippen LogP contribution in [-0.2, 0) is 0 Å². The van der Waals surface area contributed by atoms with E-state index in [0.29, 0.717) is 28.2 Å². The first kappa shape index (κ1) is 65.6. The van der Waals surface area contributed by atoms with Gasteiger partial charge in [0, 0.05) is 8.95 Å². The Morgan fingerprint density at radius 2 is 0.544 bits per heavy atom. The van der Waals surface area contributed by atoms with Crippen molar-refractivity contribution >= 4 is 169 Å². The Balaban J connectivity index is 0.000000156. The molecule has 2 N–H and O–H groups in total. The standard InChI is InChI=1S/C44H22N10.C24H8Br2N10.C10H9BO2/c1-47-39-40(48-2)52-44-43(51-39)53(35-19-15-29(16-20-35)33-13-11-27-7-3-5-9-31(27)23-33)41-42(50-38(26-46)37(25-45)49-41)54(44)36-21-17-30(18-22-36)34-14-12-28-8-4-6-10-32(28)24-34;1-29-19-20(30-2)34-24-23(33-19)35(15-7-3-13(25)4-8-15)21-22(32-18(12-28)17(11-27)31-21)36(24)16-9-5-14(26)6-10-16;12-11(13)10-6-5-8-3-1-2-4-9(8)7-10/h3-24H;3-10H;1-7,12-13H. The lowest BCUT2D eigenvalue weighted by molar-refractivity contribution is 0.426. The predicted molar refractivity (Wildman–Crippen MR) is 400 cm³/mol. The van der Waals surface area contributed by atoms with Crippen molar-refractivity contribution in [2.75, 3.05) is 19.6 Å². The summed E-state index contributed by atoms with van der Waals surface area (Å²) in [5.74, 6) is 0.974. The zero-order valence-electron chi connectivity index (χ0n) is 53.0. The van der Waals surface area contributed by atoms with Gasteiger partial charge in [0.1, 0.15) is 24.3 Å².